The average molecular weight is 366 g/mol. The molecule has 1 aliphatic heterocycles. The van der Waals surface area contributed by atoms with Crippen LogP contribution in [0.2, 0.25) is 0 Å². The Morgan fingerprint density at radius 3 is 2.92 bits per heavy atom. The Morgan fingerprint density at radius 1 is 1.52 bits per heavy atom. The van der Waals surface area contributed by atoms with Gasteiger partial charge in [0.05, 0.1) is 17.7 Å². The zero-order chi connectivity index (χ0) is 18.4. The second-order valence-corrected chi connectivity index (χ2v) is 6.37. The first-order valence-electron chi connectivity index (χ1n) is 7.58. The van der Waals surface area contributed by atoms with E-state index in [2.05, 4.69) is 15.6 Å². The lowest BCUT2D eigenvalue weighted by molar-refractivity contribution is -0.384. The third-order valence-corrected chi connectivity index (χ3v) is 4.41. The number of nitrogens with one attached hydrogen (secondary N) is 2. The van der Waals surface area contributed by atoms with Gasteiger partial charge in [-0.25, -0.2) is 0 Å². The number of rotatable bonds is 7. The van der Waals surface area contributed by atoms with Crippen LogP contribution in [0.15, 0.2) is 23.2 Å². The van der Waals surface area contributed by atoms with Gasteiger partial charge in [0.25, 0.3) is 5.69 Å². The number of carbonyl (C=O) groups is 2. The van der Waals surface area contributed by atoms with Gasteiger partial charge >= 0.3 is 0 Å². The van der Waals surface area contributed by atoms with Crippen molar-refractivity contribution >= 4 is 40.1 Å². The van der Waals surface area contributed by atoms with Crippen LogP contribution in [0.4, 0.5) is 11.4 Å². The van der Waals surface area contributed by atoms with Gasteiger partial charge in [-0.05, 0) is 12.5 Å². The summed E-state index contributed by atoms with van der Waals surface area (Å²) >= 11 is 1.20. The highest BCUT2D eigenvalue weighted by Gasteiger charge is 2.32. The molecule has 134 valence electrons. The fourth-order valence-corrected chi connectivity index (χ4v) is 3.10. The molecule has 0 aliphatic carbocycles. The Hall–Kier alpha value is -2.62. The first-order valence-corrected chi connectivity index (χ1v) is 8.46. The maximum atomic E-state index is 12.2. The van der Waals surface area contributed by atoms with E-state index < -0.39 is 16.1 Å². The summed E-state index contributed by atoms with van der Waals surface area (Å²) in [6, 6.07) is 3.90. The summed E-state index contributed by atoms with van der Waals surface area (Å²) in [4.78, 5) is 38.6. The van der Waals surface area contributed by atoms with E-state index >= 15 is 0 Å². The highest BCUT2D eigenvalue weighted by molar-refractivity contribution is 8.15. The number of aliphatic imine (C=N–C) groups is 1. The summed E-state index contributed by atoms with van der Waals surface area (Å²) in [5, 5.41) is 16.0. The van der Waals surface area contributed by atoms with Crippen LogP contribution in [0.3, 0.4) is 0 Å². The number of nitro benzene ring substituents is 1. The van der Waals surface area contributed by atoms with Crippen molar-refractivity contribution in [2.45, 2.75) is 25.0 Å². The van der Waals surface area contributed by atoms with Crippen molar-refractivity contribution in [2.75, 3.05) is 19.0 Å². The van der Waals surface area contributed by atoms with Crippen molar-refractivity contribution in [1.82, 2.24) is 5.32 Å². The number of hydrogen-bond donors (Lipinski definition) is 2. The molecule has 10 heteroatoms. The number of carbonyl (C=O) groups excluding carboxylic acids is 2. The fourth-order valence-electron chi connectivity index (χ4n) is 2.10. The van der Waals surface area contributed by atoms with Crippen molar-refractivity contribution in [1.29, 1.82) is 0 Å². The van der Waals surface area contributed by atoms with Crippen LogP contribution in [0, 0.1) is 10.1 Å². The third-order valence-electron chi connectivity index (χ3n) is 3.29. The van der Waals surface area contributed by atoms with Crippen LogP contribution >= 0.6 is 11.8 Å². The van der Waals surface area contributed by atoms with Crippen molar-refractivity contribution in [3.8, 4) is 5.75 Å². The van der Waals surface area contributed by atoms with E-state index in [1.54, 1.807) is 0 Å². The maximum absolute atomic E-state index is 12.2. The Balaban J connectivity index is 2.04. The van der Waals surface area contributed by atoms with Crippen molar-refractivity contribution in [3.05, 3.63) is 28.3 Å². The van der Waals surface area contributed by atoms with Crippen molar-refractivity contribution in [3.63, 3.8) is 0 Å². The molecule has 1 unspecified atom stereocenters. The number of amides is 2. The summed E-state index contributed by atoms with van der Waals surface area (Å²) in [6.45, 7) is 2.58. The molecule has 1 fully saturated rings. The molecular weight excluding hydrogens is 348 g/mol. The molecule has 25 heavy (non-hydrogen) atoms. The van der Waals surface area contributed by atoms with Gasteiger partial charge in [-0.15, -0.1) is 0 Å². The minimum absolute atomic E-state index is 0.0759. The molecule has 1 aromatic rings. The largest absolute Gasteiger partial charge is 0.495 e. The first-order chi connectivity index (χ1) is 11.9. The van der Waals surface area contributed by atoms with Crippen LogP contribution in [0.1, 0.15) is 19.8 Å². The predicted octanol–water partition coefficient (Wildman–Crippen LogP) is 1.93. The fraction of sp³-hybridized carbons (Fsp3) is 0.400. The second kappa shape index (κ2) is 8.47. The number of anilines is 1. The van der Waals surface area contributed by atoms with Crippen LogP contribution in [-0.2, 0) is 9.59 Å². The van der Waals surface area contributed by atoms with Crippen LogP contribution < -0.4 is 15.4 Å². The number of hydrogen-bond acceptors (Lipinski definition) is 7. The molecule has 2 N–H and O–H groups in total. The first kappa shape index (κ1) is 18.7. The normalized spacial score (nSPS) is 18.1. The van der Waals surface area contributed by atoms with Gasteiger partial charge < -0.3 is 15.4 Å². The standard InChI is InChI=1S/C15H18N4O5S/c1-3-6-16-15-18-14(21)12(25-15)8-13(20)17-10-7-9(19(22)23)4-5-11(10)24-2/h4-5,7,12H,3,6,8H2,1-2H3,(H,17,20)(H,16,18,21). The van der Waals surface area contributed by atoms with E-state index in [1.807, 2.05) is 6.92 Å². The Kier molecular flexibility index (Phi) is 6.34. The van der Waals surface area contributed by atoms with E-state index in [-0.39, 0.29) is 23.7 Å². The highest BCUT2D eigenvalue weighted by Crippen LogP contribution is 2.30. The molecule has 1 saturated heterocycles. The van der Waals surface area contributed by atoms with Crippen LogP contribution in [0.5, 0.6) is 5.75 Å². The summed E-state index contributed by atoms with van der Waals surface area (Å²) in [7, 11) is 1.40. The number of methoxy groups -OCH3 is 1. The minimum Gasteiger partial charge on any atom is -0.495 e. The monoisotopic (exact) mass is 366 g/mol. The summed E-state index contributed by atoms with van der Waals surface area (Å²) in [5.41, 5.74) is 0.0167. The number of thioether (sulfide) groups is 1. The molecule has 1 atom stereocenters. The van der Waals surface area contributed by atoms with Crippen molar-refractivity contribution in [2.24, 2.45) is 4.99 Å². The topological polar surface area (TPSA) is 123 Å². The van der Waals surface area contributed by atoms with Gasteiger partial charge in [-0.1, -0.05) is 18.7 Å². The minimum atomic E-state index is -0.583. The summed E-state index contributed by atoms with van der Waals surface area (Å²) < 4.78 is 5.09. The molecule has 0 saturated carbocycles. The number of benzene rings is 1. The highest BCUT2D eigenvalue weighted by atomic mass is 32.2. The number of non-ortho nitro benzene ring substituents is 1. The van der Waals surface area contributed by atoms with E-state index in [0.29, 0.717) is 17.5 Å². The molecule has 0 radical (unpaired) electrons. The molecule has 2 amide bonds. The quantitative estimate of drug-likeness (QED) is 0.561. The molecule has 1 aliphatic rings. The molecule has 1 aromatic carbocycles. The molecule has 1 heterocycles. The summed E-state index contributed by atoms with van der Waals surface area (Å²) in [6.07, 6.45) is 0.783. The van der Waals surface area contributed by atoms with Crippen molar-refractivity contribution < 1.29 is 19.2 Å². The van der Waals surface area contributed by atoms with Gasteiger partial charge in [0, 0.05) is 25.1 Å². The lowest BCUT2D eigenvalue weighted by Crippen LogP contribution is -2.28. The van der Waals surface area contributed by atoms with Crippen LogP contribution in [0.25, 0.3) is 0 Å². The Morgan fingerprint density at radius 2 is 2.28 bits per heavy atom. The van der Waals surface area contributed by atoms with Gasteiger partial charge in [-0.2, -0.15) is 0 Å². The van der Waals surface area contributed by atoms with E-state index in [1.165, 1.54) is 37.1 Å². The lowest BCUT2D eigenvalue weighted by Gasteiger charge is -2.11. The molecule has 2 rings (SSSR count). The molecule has 0 bridgehead atoms. The zero-order valence-corrected chi connectivity index (χ0v) is 14.6. The van der Waals surface area contributed by atoms with E-state index in [0.717, 1.165) is 6.42 Å². The SMILES string of the molecule is CCCN=C1NC(=O)C(CC(=O)Nc2cc([N+](=O)[O-])ccc2OC)S1. The van der Waals surface area contributed by atoms with Gasteiger partial charge in [0.1, 0.15) is 11.0 Å². The van der Waals surface area contributed by atoms with Gasteiger partial charge in [0.15, 0.2) is 5.17 Å². The molecular formula is C15H18N4O5S. The molecule has 0 spiro atoms. The third kappa shape index (κ3) is 4.92. The molecule has 0 aromatic heterocycles. The van der Waals surface area contributed by atoms with Gasteiger partial charge in [-0.3, -0.25) is 24.7 Å². The average Bonchev–Trinajstić information content (AvgIpc) is 2.92. The number of amidine groups is 1. The van der Waals surface area contributed by atoms with E-state index in [9.17, 15) is 19.7 Å². The number of nitrogens with zero attached hydrogens (tertiary/aromatic N) is 2. The zero-order valence-electron chi connectivity index (χ0n) is 13.8. The second-order valence-electron chi connectivity index (χ2n) is 5.18. The Bertz CT molecular complexity index is 722. The Labute approximate surface area is 148 Å². The van der Waals surface area contributed by atoms with E-state index in [4.69, 9.17) is 4.74 Å². The van der Waals surface area contributed by atoms with Gasteiger partial charge in [0.2, 0.25) is 11.8 Å². The summed E-state index contributed by atoms with van der Waals surface area (Å²) in [5.74, 6) is -0.420. The maximum Gasteiger partial charge on any atom is 0.271 e. The lowest BCUT2D eigenvalue weighted by atomic mass is 10.2. The smallest absolute Gasteiger partial charge is 0.271 e. The van der Waals surface area contributed by atoms with Crippen LogP contribution in [-0.4, -0.2) is 40.8 Å². The molecule has 9 nitrogen and oxygen atoms in total. The predicted molar refractivity (Wildman–Crippen MR) is 95.0 cm³/mol. The number of ether oxygens (including phenoxy) is 1. The number of nitro groups is 1.